The standard InChI is InChI=1S/C29H25BrFN5O5S/c1-33(2)29(42)41-25-12-3-18(15-24(25)36(38)39)13-14-34-26(37)17-40-28(34)23-16-35(22-10-6-20(30)7-11-22)32-27(23)19-4-8-21(31)9-5-19/h3-12,15-16,28H,13-14,17H2,1-2H3. The van der Waals surface area contributed by atoms with Gasteiger partial charge in [-0.05, 0) is 78.8 Å². The molecule has 1 aliphatic rings. The number of carbonyl (C=O) groups is 1. The van der Waals surface area contributed by atoms with Crippen molar-refractivity contribution in [1.29, 1.82) is 0 Å². The summed E-state index contributed by atoms with van der Waals surface area (Å²) < 4.78 is 27.8. The smallest absolute Gasteiger partial charge is 0.311 e. The summed E-state index contributed by atoms with van der Waals surface area (Å²) in [5.74, 6) is -0.576. The van der Waals surface area contributed by atoms with Crippen LogP contribution in [-0.4, -0.2) is 62.8 Å². The summed E-state index contributed by atoms with van der Waals surface area (Å²) in [4.78, 5) is 27.3. The molecule has 1 atom stereocenters. The molecule has 1 fully saturated rings. The fourth-order valence-electron chi connectivity index (χ4n) is 4.46. The zero-order valence-corrected chi connectivity index (χ0v) is 25.0. The molecular weight excluding hydrogens is 629 g/mol. The fraction of sp³-hybridized carbons (Fsp3) is 0.207. The Kier molecular flexibility index (Phi) is 8.61. The predicted octanol–water partition coefficient (Wildman–Crippen LogP) is 5.67. The first-order chi connectivity index (χ1) is 20.1. The molecule has 5 rings (SSSR count). The van der Waals surface area contributed by atoms with E-state index in [1.807, 2.05) is 24.3 Å². The number of thiocarbonyl (C=S) groups is 1. The summed E-state index contributed by atoms with van der Waals surface area (Å²) in [7, 11) is 3.36. The summed E-state index contributed by atoms with van der Waals surface area (Å²) in [6, 6.07) is 18.1. The third kappa shape index (κ3) is 6.32. The van der Waals surface area contributed by atoms with E-state index in [1.165, 1.54) is 29.2 Å². The lowest BCUT2D eigenvalue weighted by Gasteiger charge is -2.23. The van der Waals surface area contributed by atoms with Gasteiger partial charge < -0.3 is 19.3 Å². The number of amides is 1. The van der Waals surface area contributed by atoms with Crippen molar-refractivity contribution < 1.29 is 23.6 Å². The predicted molar refractivity (Wildman–Crippen MR) is 161 cm³/mol. The second-order valence-electron chi connectivity index (χ2n) is 9.68. The normalized spacial score (nSPS) is 14.7. The molecular formula is C29H25BrFN5O5S. The Hall–Kier alpha value is -4.20. The Morgan fingerprint density at radius 1 is 1.19 bits per heavy atom. The number of ether oxygens (including phenoxy) is 2. The van der Waals surface area contributed by atoms with Crippen LogP contribution >= 0.6 is 28.1 Å². The van der Waals surface area contributed by atoms with Gasteiger partial charge in [-0.2, -0.15) is 5.10 Å². The Balaban J connectivity index is 1.44. The van der Waals surface area contributed by atoms with Gasteiger partial charge in [0.2, 0.25) is 5.75 Å². The van der Waals surface area contributed by atoms with Crippen LogP contribution < -0.4 is 4.74 Å². The maximum absolute atomic E-state index is 13.7. The van der Waals surface area contributed by atoms with Crippen LogP contribution in [0.15, 0.2) is 77.4 Å². The number of halogens is 2. The molecule has 13 heteroatoms. The van der Waals surface area contributed by atoms with Gasteiger partial charge in [0.25, 0.3) is 11.1 Å². The minimum atomic E-state index is -0.767. The highest BCUT2D eigenvalue weighted by Gasteiger charge is 2.36. The highest BCUT2D eigenvalue weighted by Crippen LogP contribution is 2.36. The number of hydrogen-bond acceptors (Lipinski definition) is 7. The van der Waals surface area contributed by atoms with Crippen LogP contribution in [-0.2, 0) is 16.0 Å². The van der Waals surface area contributed by atoms with Crippen molar-refractivity contribution >= 4 is 44.9 Å². The zero-order valence-electron chi connectivity index (χ0n) is 22.6. The lowest BCUT2D eigenvalue weighted by molar-refractivity contribution is -0.385. The maximum atomic E-state index is 13.7. The van der Waals surface area contributed by atoms with E-state index in [4.69, 9.17) is 26.8 Å². The molecule has 4 aromatic rings. The minimum Gasteiger partial charge on any atom is -0.424 e. The van der Waals surface area contributed by atoms with E-state index in [0.29, 0.717) is 28.8 Å². The summed E-state index contributed by atoms with van der Waals surface area (Å²) in [5, 5.41) is 16.6. The molecule has 42 heavy (non-hydrogen) atoms. The first kappa shape index (κ1) is 29.3. The molecule has 1 aromatic heterocycles. The zero-order chi connectivity index (χ0) is 30.0. The van der Waals surface area contributed by atoms with E-state index in [2.05, 4.69) is 15.9 Å². The highest BCUT2D eigenvalue weighted by atomic mass is 79.9. The van der Waals surface area contributed by atoms with Crippen LogP contribution in [0.2, 0.25) is 0 Å². The number of rotatable bonds is 8. The molecule has 0 saturated carbocycles. The summed E-state index contributed by atoms with van der Waals surface area (Å²) in [6.45, 7) is 0.0924. The molecule has 0 N–H and O–H groups in total. The molecule has 216 valence electrons. The molecule has 0 spiro atoms. The quantitative estimate of drug-likeness (QED) is 0.136. The van der Waals surface area contributed by atoms with Crippen LogP contribution in [0.5, 0.6) is 5.75 Å². The van der Waals surface area contributed by atoms with Gasteiger partial charge in [0.1, 0.15) is 18.1 Å². The van der Waals surface area contributed by atoms with E-state index in [9.17, 15) is 19.3 Å². The van der Waals surface area contributed by atoms with Crippen molar-refractivity contribution in [3.63, 3.8) is 0 Å². The number of benzene rings is 3. The van der Waals surface area contributed by atoms with Gasteiger partial charge in [0, 0.05) is 48.5 Å². The Bertz CT molecular complexity index is 1650. The number of carbonyl (C=O) groups excluding carboxylic acids is 1. The lowest BCUT2D eigenvalue weighted by Crippen LogP contribution is -2.30. The molecule has 1 unspecified atom stereocenters. The van der Waals surface area contributed by atoms with Crippen LogP contribution in [0.1, 0.15) is 17.4 Å². The first-order valence-electron chi connectivity index (χ1n) is 12.8. The third-order valence-electron chi connectivity index (χ3n) is 6.61. The molecule has 0 bridgehead atoms. The van der Waals surface area contributed by atoms with Gasteiger partial charge in [-0.15, -0.1) is 0 Å². The fourth-order valence-corrected chi connectivity index (χ4v) is 4.82. The van der Waals surface area contributed by atoms with Crippen LogP contribution in [0.25, 0.3) is 16.9 Å². The second-order valence-corrected chi connectivity index (χ2v) is 10.9. The van der Waals surface area contributed by atoms with E-state index in [1.54, 1.807) is 48.1 Å². The molecule has 3 aromatic carbocycles. The molecule has 1 aliphatic heterocycles. The van der Waals surface area contributed by atoms with Crippen molar-refractivity contribution in [2.45, 2.75) is 12.6 Å². The Labute approximate surface area is 254 Å². The number of nitro groups is 1. The van der Waals surface area contributed by atoms with Crippen molar-refractivity contribution in [1.82, 2.24) is 19.6 Å². The van der Waals surface area contributed by atoms with Crippen molar-refractivity contribution in [2.24, 2.45) is 0 Å². The van der Waals surface area contributed by atoms with Gasteiger partial charge >= 0.3 is 5.69 Å². The molecule has 2 heterocycles. The van der Waals surface area contributed by atoms with Gasteiger partial charge in [-0.1, -0.05) is 22.0 Å². The van der Waals surface area contributed by atoms with E-state index < -0.39 is 11.2 Å². The van der Waals surface area contributed by atoms with Crippen molar-refractivity contribution in [2.75, 3.05) is 27.2 Å². The monoisotopic (exact) mass is 653 g/mol. The maximum Gasteiger partial charge on any atom is 0.311 e. The minimum absolute atomic E-state index is 0.0326. The van der Waals surface area contributed by atoms with Crippen LogP contribution in [0.3, 0.4) is 0 Å². The average molecular weight is 655 g/mol. The number of nitro benzene ring substituents is 1. The van der Waals surface area contributed by atoms with Crippen molar-refractivity contribution in [3.8, 4) is 22.7 Å². The molecule has 0 aliphatic carbocycles. The summed E-state index contributed by atoms with van der Waals surface area (Å²) >= 11 is 8.56. The first-order valence-corrected chi connectivity index (χ1v) is 14.0. The van der Waals surface area contributed by atoms with Crippen molar-refractivity contribution in [3.05, 3.63) is 104 Å². The summed E-state index contributed by atoms with van der Waals surface area (Å²) in [5.41, 5.74) is 3.01. The Morgan fingerprint density at radius 3 is 2.57 bits per heavy atom. The molecule has 10 nitrogen and oxygen atoms in total. The van der Waals surface area contributed by atoms with Gasteiger partial charge in [-0.25, -0.2) is 9.07 Å². The van der Waals surface area contributed by atoms with Gasteiger partial charge in [-0.3, -0.25) is 14.9 Å². The van der Waals surface area contributed by atoms with Gasteiger partial charge in [0.05, 0.1) is 10.6 Å². The second kappa shape index (κ2) is 12.3. The van der Waals surface area contributed by atoms with Crippen LogP contribution in [0.4, 0.5) is 10.1 Å². The van der Waals surface area contributed by atoms with E-state index >= 15 is 0 Å². The Morgan fingerprint density at radius 2 is 1.90 bits per heavy atom. The number of aromatic nitrogens is 2. The van der Waals surface area contributed by atoms with Gasteiger partial charge in [0.15, 0.2) is 6.23 Å². The van der Waals surface area contributed by atoms with E-state index in [0.717, 1.165) is 10.2 Å². The number of hydrogen-bond donors (Lipinski definition) is 0. The number of nitrogens with zero attached hydrogens (tertiary/aromatic N) is 5. The largest absolute Gasteiger partial charge is 0.424 e. The third-order valence-corrected chi connectivity index (χ3v) is 7.59. The average Bonchev–Trinajstić information content (AvgIpc) is 3.56. The van der Waals surface area contributed by atoms with E-state index in [-0.39, 0.29) is 41.5 Å². The highest BCUT2D eigenvalue weighted by molar-refractivity contribution is 9.10. The topological polar surface area (TPSA) is 103 Å². The molecule has 1 amide bonds. The molecule has 0 radical (unpaired) electrons. The SMILES string of the molecule is CN(C)C(=S)Oc1ccc(CCN2C(=O)COC2c2cn(-c3ccc(Br)cc3)nc2-c2ccc(F)cc2)cc1[N+](=O)[O-]. The molecule has 1 saturated heterocycles. The lowest BCUT2D eigenvalue weighted by atomic mass is 10.1. The summed E-state index contributed by atoms with van der Waals surface area (Å²) in [6.07, 6.45) is 1.34. The van der Waals surface area contributed by atoms with Crippen LogP contribution in [0, 0.1) is 15.9 Å².